The van der Waals surface area contributed by atoms with Crippen molar-refractivity contribution in [3.63, 3.8) is 0 Å². The number of rotatable bonds is 8. The Kier molecular flexibility index (Phi) is 7.09. The molecule has 1 saturated heterocycles. The molecular weight excluding hydrogens is 436 g/mol. The summed E-state index contributed by atoms with van der Waals surface area (Å²) in [5.74, 6) is 5.38. The van der Waals surface area contributed by atoms with Gasteiger partial charge in [-0.25, -0.2) is 4.79 Å². The average Bonchev–Trinajstić information content (AvgIpc) is 3.57. The molecule has 1 heterocycles. The number of fused-ring (bicyclic) bond motifs is 5. The molecule has 4 heteroatoms. The van der Waals surface area contributed by atoms with E-state index in [1.54, 1.807) is 5.57 Å². The summed E-state index contributed by atoms with van der Waals surface area (Å²) in [6.07, 6.45) is 15.4. The first kappa shape index (κ1) is 25.6. The summed E-state index contributed by atoms with van der Waals surface area (Å²) < 4.78 is 10.8. The van der Waals surface area contributed by atoms with Crippen LogP contribution in [-0.2, 0) is 9.47 Å². The van der Waals surface area contributed by atoms with Crippen molar-refractivity contribution in [3.8, 4) is 0 Å². The highest BCUT2D eigenvalue weighted by Gasteiger charge is 2.59. The van der Waals surface area contributed by atoms with Crippen LogP contribution < -0.4 is 0 Å². The first-order valence-electron chi connectivity index (χ1n) is 14.8. The van der Waals surface area contributed by atoms with Crippen molar-refractivity contribution in [3.05, 3.63) is 11.6 Å². The molecule has 1 aliphatic heterocycles. The zero-order chi connectivity index (χ0) is 25.0. The number of hydrogen-bond donors (Lipinski definition) is 1. The van der Waals surface area contributed by atoms with Crippen LogP contribution in [-0.4, -0.2) is 30.1 Å². The Hall–Kier alpha value is -1.03. The van der Waals surface area contributed by atoms with E-state index >= 15 is 0 Å². The molecule has 5 aliphatic rings. The number of hydrogen-bond acceptors (Lipinski definition) is 3. The molecule has 0 aromatic rings. The van der Waals surface area contributed by atoms with E-state index < -0.39 is 6.16 Å². The molecular formula is C31H50O4. The van der Waals surface area contributed by atoms with Crippen LogP contribution in [0.3, 0.4) is 0 Å². The minimum absolute atomic E-state index is 0.0225. The van der Waals surface area contributed by atoms with Crippen LogP contribution in [0.5, 0.6) is 0 Å². The van der Waals surface area contributed by atoms with Gasteiger partial charge in [-0.1, -0.05) is 65.5 Å². The molecule has 0 aromatic heterocycles. The molecule has 1 N–H and O–H groups in total. The summed E-state index contributed by atoms with van der Waals surface area (Å²) in [5.41, 5.74) is 2.43. The van der Waals surface area contributed by atoms with Crippen molar-refractivity contribution in [1.29, 1.82) is 0 Å². The minimum atomic E-state index is -1.16. The summed E-state index contributed by atoms with van der Waals surface area (Å²) in [7, 11) is 0. The fraction of sp³-hybridized carbons (Fsp3) is 0.903. The Labute approximate surface area is 213 Å². The molecule has 0 amide bonds. The van der Waals surface area contributed by atoms with Gasteiger partial charge in [0, 0.05) is 5.92 Å². The molecule has 4 fully saturated rings. The van der Waals surface area contributed by atoms with E-state index in [1.807, 2.05) is 0 Å². The number of carbonyl (C=O) groups is 1. The van der Waals surface area contributed by atoms with Gasteiger partial charge in [0.25, 0.3) is 0 Å². The van der Waals surface area contributed by atoms with Crippen LogP contribution in [0.2, 0.25) is 0 Å². The predicted molar refractivity (Wildman–Crippen MR) is 139 cm³/mol. The van der Waals surface area contributed by atoms with Crippen molar-refractivity contribution in [1.82, 2.24) is 0 Å². The highest BCUT2D eigenvalue weighted by atomic mass is 16.7. The highest BCUT2D eigenvalue weighted by Crippen LogP contribution is 2.67. The normalized spacial score (nSPS) is 44.0. The van der Waals surface area contributed by atoms with Crippen molar-refractivity contribution < 1.29 is 19.4 Å². The molecule has 0 bridgehead atoms. The van der Waals surface area contributed by atoms with E-state index in [-0.39, 0.29) is 18.1 Å². The highest BCUT2D eigenvalue weighted by molar-refractivity contribution is 5.57. The van der Waals surface area contributed by atoms with Crippen LogP contribution in [0.1, 0.15) is 105 Å². The van der Waals surface area contributed by atoms with Gasteiger partial charge in [0.05, 0.1) is 6.61 Å². The lowest BCUT2D eigenvalue weighted by atomic mass is 9.46. The van der Waals surface area contributed by atoms with Gasteiger partial charge in [-0.2, -0.15) is 0 Å². The monoisotopic (exact) mass is 486 g/mol. The topological polar surface area (TPSA) is 59.1 Å². The molecule has 198 valence electrons. The van der Waals surface area contributed by atoms with Crippen LogP contribution in [0.4, 0.5) is 4.79 Å². The number of epoxide rings is 1. The van der Waals surface area contributed by atoms with E-state index in [1.165, 1.54) is 57.8 Å². The van der Waals surface area contributed by atoms with Gasteiger partial charge < -0.3 is 14.6 Å². The lowest BCUT2D eigenvalue weighted by molar-refractivity contribution is -0.0606. The van der Waals surface area contributed by atoms with Crippen molar-refractivity contribution in [2.75, 3.05) is 6.61 Å². The van der Waals surface area contributed by atoms with Gasteiger partial charge in [-0.3, -0.25) is 0 Å². The molecule has 4 nitrogen and oxygen atoms in total. The molecule has 0 aromatic carbocycles. The summed E-state index contributed by atoms with van der Waals surface area (Å²) >= 11 is 0. The van der Waals surface area contributed by atoms with Crippen molar-refractivity contribution >= 4 is 6.16 Å². The fourth-order valence-electron chi connectivity index (χ4n) is 9.83. The maximum Gasteiger partial charge on any atom is 0.506 e. The SMILES string of the molecule is CC(C)CCC[C@@H](C)[C@H]1CCC2C3CC=C4CC(C(OC(=O)O)C5CO5)CC[C@]4(C)C3CC[C@@]21C. The van der Waals surface area contributed by atoms with Crippen LogP contribution in [0.15, 0.2) is 11.6 Å². The molecule has 35 heavy (non-hydrogen) atoms. The van der Waals surface area contributed by atoms with Crippen LogP contribution >= 0.6 is 0 Å². The lowest BCUT2D eigenvalue weighted by Gasteiger charge is -2.59. The first-order valence-corrected chi connectivity index (χ1v) is 14.8. The third-order valence-corrected chi connectivity index (χ3v) is 11.8. The van der Waals surface area contributed by atoms with Gasteiger partial charge in [-0.05, 0) is 97.7 Å². The Morgan fingerprint density at radius 3 is 2.57 bits per heavy atom. The maximum absolute atomic E-state index is 11.3. The number of allylic oxidation sites excluding steroid dienone is 2. The number of ether oxygens (including phenoxy) is 2. The van der Waals surface area contributed by atoms with E-state index in [2.05, 4.69) is 40.7 Å². The van der Waals surface area contributed by atoms with Gasteiger partial charge in [-0.15, -0.1) is 0 Å². The Balaban J connectivity index is 1.28. The molecule has 6 unspecified atom stereocenters. The minimum Gasteiger partial charge on any atom is -0.450 e. The smallest absolute Gasteiger partial charge is 0.450 e. The summed E-state index contributed by atoms with van der Waals surface area (Å²) in [6.45, 7) is 13.1. The Bertz CT molecular complexity index is 815. The Morgan fingerprint density at radius 2 is 1.89 bits per heavy atom. The third kappa shape index (κ3) is 4.71. The third-order valence-electron chi connectivity index (χ3n) is 11.8. The summed E-state index contributed by atoms with van der Waals surface area (Å²) in [4.78, 5) is 11.3. The zero-order valence-electron chi connectivity index (χ0n) is 22.9. The first-order chi connectivity index (χ1) is 16.6. The largest absolute Gasteiger partial charge is 0.506 e. The van der Waals surface area contributed by atoms with Gasteiger partial charge in [0.1, 0.15) is 12.2 Å². The molecule has 3 saturated carbocycles. The molecule has 0 radical (unpaired) electrons. The van der Waals surface area contributed by atoms with Gasteiger partial charge in [0.15, 0.2) is 0 Å². The van der Waals surface area contributed by atoms with Crippen molar-refractivity contribution in [2.24, 2.45) is 52.3 Å². The molecule has 0 spiro atoms. The summed E-state index contributed by atoms with van der Waals surface area (Å²) in [5, 5.41) is 9.28. The number of carboxylic acid groups (broad SMARTS) is 1. The quantitative estimate of drug-likeness (QED) is 0.214. The molecule has 4 aliphatic carbocycles. The zero-order valence-corrected chi connectivity index (χ0v) is 22.9. The van der Waals surface area contributed by atoms with Crippen LogP contribution in [0, 0.1) is 52.3 Å². The average molecular weight is 487 g/mol. The van der Waals surface area contributed by atoms with Crippen LogP contribution in [0.25, 0.3) is 0 Å². The van der Waals surface area contributed by atoms with Gasteiger partial charge >= 0.3 is 6.16 Å². The van der Waals surface area contributed by atoms with E-state index in [0.29, 0.717) is 17.4 Å². The van der Waals surface area contributed by atoms with E-state index in [4.69, 9.17) is 9.47 Å². The molecule has 10 atom stereocenters. The standard InChI is InChI=1S/C31H50O4/c1-19(2)7-6-8-20(3)24-11-12-25-23-10-9-22-17-21(28(27-18-34-27)35-29(32)33)13-15-30(22,4)26(23)14-16-31(24,25)5/h9,19-21,23-28H,6-8,10-18H2,1-5H3,(H,32,33)/t20-,21?,23?,24-,25?,26?,27?,28?,30+,31-/m1/s1. The molecule has 5 rings (SSSR count). The van der Waals surface area contributed by atoms with E-state index in [9.17, 15) is 9.90 Å². The summed E-state index contributed by atoms with van der Waals surface area (Å²) in [6, 6.07) is 0. The second kappa shape index (κ2) is 9.69. The predicted octanol–water partition coefficient (Wildman–Crippen LogP) is 8.11. The maximum atomic E-state index is 11.3. The Morgan fingerprint density at radius 1 is 1.11 bits per heavy atom. The second-order valence-corrected chi connectivity index (χ2v) is 14.0. The lowest BCUT2D eigenvalue weighted by Crippen LogP contribution is -2.51. The van der Waals surface area contributed by atoms with E-state index in [0.717, 1.165) is 48.3 Å². The van der Waals surface area contributed by atoms with Gasteiger partial charge in [0.2, 0.25) is 0 Å². The fourth-order valence-corrected chi connectivity index (χ4v) is 9.83. The second-order valence-electron chi connectivity index (χ2n) is 14.0. The van der Waals surface area contributed by atoms with Crippen molar-refractivity contribution in [2.45, 2.75) is 117 Å².